The molecular formula is C4H8Cl2LiMgNO. The maximum absolute atomic E-state index is 4.98. The van der Waals surface area contributed by atoms with Crippen molar-refractivity contribution in [2.75, 3.05) is 26.3 Å². The number of rotatable bonds is 0. The van der Waals surface area contributed by atoms with Crippen molar-refractivity contribution in [3.8, 4) is 0 Å². The van der Waals surface area contributed by atoms with Gasteiger partial charge in [0.2, 0.25) is 0 Å². The summed E-state index contributed by atoms with van der Waals surface area (Å²) in [4.78, 5) is 0. The first kappa shape index (κ1) is 22.6. The van der Waals surface area contributed by atoms with Crippen molar-refractivity contribution in [1.29, 1.82) is 0 Å². The molecule has 0 aromatic heterocycles. The Morgan fingerprint density at radius 2 is 1.40 bits per heavy atom. The summed E-state index contributed by atoms with van der Waals surface area (Å²) in [6.45, 7) is 3.47. The summed E-state index contributed by atoms with van der Waals surface area (Å²) in [5.41, 5.74) is 0. The van der Waals surface area contributed by atoms with Gasteiger partial charge in [-0.3, -0.25) is 0 Å². The van der Waals surface area contributed by atoms with Gasteiger partial charge in [0.25, 0.3) is 0 Å². The van der Waals surface area contributed by atoms with Crippen LogP contribution >= 0.6 is 0 Å². The summed E-state index contributed by atoms with van der Waals surface area (Å²) in [7, 11) is 0. The maximum atomic E-state index is 4.98. The van der Waals surface area contributed by atoms with Crippen LogP contribution in [0.4, 0.5) is 0 Å². The minimum atomic E-state index is 0. The SMILES string of the molecule is C1COCC[N-]1.[Cl-].[Cl-].[Li+].[Mg+2]. The molecule has 0 N–H and O–H groups in total. The molecular weight excluding hydrogens is 180 g/mol. The van der Waals surface area contributed by atoms with Crippen LogP contribution in [0, 0.1) is 0 Å². The van der Waals surface area contributed by atoms with E-state index in [1.807, 2.05) is 0 Å². The molecule has 0 aliphatic carbocycles. The quantitative estimate of drug-likeness (QED) is 0.346. The van der Waals surface area contributed by atoms with Gasteiger partial charge in [0.15, 0.2) is 0 Å². The molecule has 6 heteroatoms. The molecule has 0 bridgehead atoms. The zero-order valence-electron chi connectivity index (χ0n) is 6.15. The summed E-state index contributed by atoms with van der Waals surface area (Å²) in [6, 6.07) is 0. The van der Waals surface area contributed by atoms with Crippen LogP contribution in [0.25, 0.3) is 5.32 Å². The van der Waals surface area contributed by atoms with Crippen molar-refractivity contribution in [2.24, 2.45) is 0 Å². The molecule has 10 heavy (non-hydrogen) atoms. The van der Waals surface area contributed by atoms with Crippen LogP contribution in [0.15, 0.2) is 0 Å². The van der Waals surface area contributed by atoms with E-state index in [9.17, 15) is 0 Å². The molecule has 1 aliphatic rings. The van der Waals surface area contributed by atoms with E-state index in [-0.39, 0.29) is 66.7 Å². The van der Waals surface area contributed by atoms with E-state index in [0.29, 0.717) is 0 Å². The molecule has 1 rings (SSSR count). The third kappa shape index (κ3) is 12.5. The number of nitrogens with zero attached hydrogens (tertiary/aromatic N) is 1. The topological polar surface area (TPSA) is 23.3 Å². The Hall–Kier alpha value is 1.86. The normalized spacial score (nSPS) is 14.4. The van der Waals surface area contributed by atoms with Crippen molar-refractivity contribution in [2.45, 2.75) is 0 Å². The number of morpholine rings is 1. The molecule has 0 aromatic rings. The van der Waals surface area contributed by atoms with Gasteiger partial charge in [0, 0.05) is 13.2 Å². The summed E-state index contributed by atoms with van der Waals surface area (Å²) in [6.07, 6.45) is 0. The Bertz CT molecular complexity index is 38.7. The average Bonchev–Trinajstić information content (AvgIpc) is 1.72. The molecule has 1 aliphatic heterocycles. The molecule has 0 amide bonds. The molecule has 0 spiro atoms. The van der Waals surface area contributed by atoms with E-state index in [0.717, 1.165) is 26.3 Å². The Kier molecular flexibility index (Phi) is 38.7. The summed E-state index contributed by atoms with van der Waals surface area (Å²) in [5, 5.41) is 4.05. The summed E-state index contributed by atoms with van der Waals surface area (Å²) in [5.74, 6) is 0. The fourth-order valence-electron chi connectivity index (χ4n) is 0.472. The monoisotopic (exact) mass is 187 g/mol. The molecule has 1 saturated heterocycles. The zero-order chi connectivity index (χ0) is 4.24. The second-order valence-electron chi connectivity index (χ2n) is 1.28. The van der Waals surface area contributed by atoms with Gasteiger partial charge < -0.3 is 34.9 Å². The largest absolute Gasteiger partial charge is 2.00 e. The van der Waals surface area contributed by atoms with E-state index in [4.69, 9.17) is 4.74 Å². The second-order valence-corrected chi connectivity index (χ2v) is 1.28. The van der Waals surface area contributed by atoms with E-state index in [1.165, 1.54) is 0 Å². The predicted molar refractivity (Wildman–Crippen MR) is 29.7 cm³/mol. The first-order chi connectivity index (χ1) is 3.00. The minimum absolute atomic E-state index is 0. The third-order valence-electron chi connectivity index (χ3n) is 0.787. The van der Waals surface area contributed by atoms with Gasteiger partial charge in [-0.1, -0.05) is 0 Å². The average molecular weight is 188 g/mol. The van der Waals surface area contributed by atoms with Crippen molar-refractivity contribution in [3.63, 3.8) is 0 Å². The van der Waals surface area contributed by atoms with Crippen LogP contribution in [0.1, 0.15) is 0 Å². The van der Waals surface area contributed by atoms with E-state index >= 15 is 0 Å². The van der Waals surface area contributed by atoms with Gasteiger partial charge in [0.05, 0.1) is 0 Å². The Morgan fingerprint density at radius 3 is 1.50 bits per heavy atom. The molecule has 2 nitrogen and oxygen atoms in total. The molecule has 0 aromatic carbocycles. The van der Waals surface area contributed by atoms with E-state index < -0.39 is 0 Å². The number of hydrogen-bond acceptors (Lipinski definition) is 1. The summed E-state index contributed by atoms with van der Waals surface area (Å²) < 4.78 is 4.98. The van der Waals surface area contributed by atoms with Crippen LogP contribution in [0.3, 0.4) is 0 Å². The molecule has 1 fully saturated rings. The van der Waals surface area contributed by atoms with Crippen molar-refractivity contribution in [1.82, 2.24) is 0 Å². The van der Waals surface area contributed by atoms with Crippen molar-refractivity contribution < 1.29 is 48.4 Å². The Balaban J connectivity index is -0.0000000450. The summed E-state index contributed by atoms with van der Waals surface area (Å²) >= 11 is 0. The van der Waals surface area contributed by atoms with Gasteiger partial charge in [-0.05, 0) is 0 Å². The van der Waals surface area contributed by atoms with E-state index in [2.05, 4.69) is 5.32 Å². The van der Waals surface area contributed by atoms with Crippen LogP contribution in [0.2, 0.25) is 0 Å². The predicted octanol–water partition coefficient (Wildman–Crippen LogP) is -8.98. The fourth-order valence-corrected chi connectivity index (χ4v) is 0.472. The van der Waals surface area contributed by atoms with E-state index in [1.54, 1.807) is 0 Å². The third-order valence-corrected chi connectivity index (χ3v) is 0.787. The Morgan fingerprint density at radius 1 is 1.00 bits per heavy atom. The van der Waals surface area contributed by atoms with Gasteiger partial charge >= 0.3 is 41.9 Å². The fraction of sp³-hybridized carbons (Fsp3) is 1.00. The molecule has 52 valence electrons. The van der Waals surface area contributed by atoms with Crippen LogP contribution < -0.4 is 43.7 Å². The van der Waals surface area contributed by atoms with Crippen LogP contribution in [-0.4, -0.2) is 49.4 Å². The minimum Gasteiger partial charge on any atom is -1.00 e. The van der Waals surface area contributed by atoms with Gasteiger partial charge in [0.1, 0.15) is 0 Å². The van der Waals surface area contributed by atoms with Gasteiger partial charge in [-0.25, -0.2) is 0 Å². The zero-order valence-corrected chi connectivity index (χ0v) is 9.07. The smallest absolute Gasteiger partial charge is 1.00 e. The molecule has 0 saturated carbocycles. The molecule has 0 atom stereocenters. The maximum Gasteiger partial charge on any atom is 2.00 e. The Labute approximate surface area is 102 Å². The number of halogens is 2. The second kappa shape index (κ2) is 17.1. The number of hydrogen-bond donors (Lipinski definition) is 0. The molecule has 0 unspecified atom stereocenters. The van der Waals surface area contributed by atoms with Crippen molar-refractivity contribution >= 4 is 23.1 Å². The van der Waals surface area contributed by atoms with Gasteiger partial charge in [-0.15, -0.1) is 13.1 Å². The standard InChI is InChI=1S/C4H8NO.2ClH.Li.Mg/c1-3-6-4-2-5-1;;;;/h1-4H2;2*1H;;/q-1;;;+1;+2/p-2. The van der Waals surface area contributed by atoms with Gasteiger partial charge in [-0.2, -0.15) is 0 Å². The van der Waals surface area contributed by atoms with Crippen LogP contribution in [-0.2, 0) is 4.74 Å². The number of ether oxygens (including phenoxy) is 1. The first-order valence-electron chi connectivity index (χ1n) is 2.21. The molecule has 1 heterocycles. The first-order valence-corrected chi connectivity index (χ1v) is 2.21. The van der Waals surface area contributed by atoms with Crippen LogP contribution in [0.5, 0.6) is 0 Å². The molecule has 0 radical (unpaired) electrons. The van der Waals surface area contributed by atoms with Crippen molar-refractivity contribution in [3.05, 3.63) is 5.32 Å².